The van der Waals surface area contributed by atoms with Crippen molar-refractivity contribution in [1.82, 2.24) is 0 Å². The van der Waals surface area contributed by atoms with E-state index in [-0.39, 0.29) is 11.5 Å². The highest BCUT2D eigenvalue weighted by Crippen LogP contribution is 2.12. The van der Waals surface area contributed by atoms with Crippen molar-refractivity contribution in [2.75, 3.05) is 0 Å². The second kappa shape index (κ2) is 5.27. The van der Waals surface area contributed by atoms with Crippen LogP contribution in [0.25, 0.3) is 0 Å². The van der Waals surface area contributed by atoms with E-state index in [0.29, 0.717) is 5.56 Å². The highest BCUT2D eigenvalue weighted by atomic mass is 16.3. The summed E-state index contributed by atoms with van der Waals surface area (Å²) in [6.45, 7) is 0. The lowest BCUT2D eigenvalue weighted by molar-refractivity contribution is -0.110. The molecule has 2 rings (SSSR count). The van der Waals surface area contributed by atoms with Crippen molar-refractivity contribution in [3.63, 3.8) is 0 Å². The molecule has 0 saturated heterocycles. The Morgan fingerprint density at radius 3 is 2.26 bits per heavy atom. The van der Waals surface area contributed by atoms with Gasteiger partial charge in [0, 0.05) is 5.56 Å². The van der Waals surface area contributed by atoms with E-state index in [1.807, 2.05) is 0 Å². The molecule has 0 heterocycles. The second-order valence-electron chi connectivity index (χ2n) is 3.94. The molecule has 0 fully saturated rings. The lowest BCUT2D eigenvalue weighted by Crippen LogP contribution is -2.23. The molecule has 0 radical (unpaired) electrons. The van der Waals surface area contributed by atoms with Crippen LogP contribution in [0, 0.1) is 23.7 Å². The number of carbonyl (C=O) groups is 1. The second-order valence-corrected chi connectivity index (χ2v) is 3.94. The minimum absolute atomic E-state index is 0.174. The summed E-state index contributed by atoms with van der Waals surface area (Å²) in [5.74, 6) is 10.5. The van der Waals surface area contributed by atoms with Crippen LogP contribution in [0.2, 0.25) is 0 Å². The van der Waals surface area contributed by atoms with Gasteiger partial charge in [-0.2, -0.15) is 0 Å². The average Bonchev–Trinajstić information content (AvgIpc) is 2.41. The Balaban J connectivity index is 2.10. The lowest BCUT2D eigenvalue weighted by atomic mass is 9.98. The molecule has 3 heteroatoms. The number of hydrogen-bond acceptors (Lipinski definition) is 3. The first-order valence-corrected chi connectivity index (χ1v) is 5.54. The van der Waals surface area contributed by atoms with E-state index in [2.05, 4.69) is 23.7 Å². The predicted octanol–water partition coefficient (Wildman–Crippen LogP) is 1.17. The maximum atomic E-state index is 10.9. The van der Waals surface area contributed by atoms with E-state index in [0.717, 1.165) is 0 Å². The van der Waals surface area contributed by atoms with Crippen molar-refractivity contribution in [2.45, 2.75) is 5.60 Å². The zero-order chi connectivity index (χ0) is 13.7. The molecule has 3 nitrogen and oxygen atoms in total. The topological polar surface area (TPSA) is 57.5 Å². The summed E-state index contributed by atoms with van der Waals surface area (Å²) in [7, 11) is 0. The van der Waals surface area contributed by atoms with Gasteiger partial charge in [0.15, 0.2) is 11.4 Å². The van der Waals surface area contributed by atoms with Crippen LogP contribution in [0.4, 0.5) is 0 Å². The van der Waals surface area contributed by atoms with Crippen molar-refractivity contribution in [3.05, 3.63) is 54.1 Å². The third-order valence-electron chi connectivity index (χ3n) is 2.40. The molecule has 0 aliphatic heterocycles. The SMILES string of the molecule is O=C1C=CC(O)(C#CC#Cc2ccc(O)cc2)C=C1. The van der Waals surface area contributed by atoms with Crippen LogP contribution in [-0.4, -0.2) is 21.6 Å². The number of phenolic OH excluding ortho intramolecular Hbond substituents is 1. The Kier molecular flexibility index (Phi) is 3.52. The number of carbonyl (C=O) groups excluding carboxylic acids is 1. The fourth-order valence-electron chi connectivity index (χ4n) is 1.39. The zero-order valence-electron chi connectivity index (χ0n) is 9.92. The Morgan fingerprint density at radius 2 is 1.63 bits per heavy atom. The van der Waals surface area contributed by atoms with E-state index in [1.165, 1.54) is 36.4 Å². The molecule has 1 aliphatic carbocycles. The highest BCUT2D eigenvalue weighted by Gasteiger charge is 2.19. The van der Waals surface area contributed by atoms with Crippen LogP contribution < -0.4 is 0 Å². The Bertz CT molecular complexity index is 655. The molecule has 1 aliphatic rings. The molecule has 1 aromatic carbocycles. The van der Waals surface area contributed by atoms with Crippen LogP contribution in [0.15, 0.2) is 48.6 Å². The molecule has 0 bridgehead atoms. The Morgan fingerprint density at radius 1 is 1.00 bits per heavy atom. The van der Waals surface area contributed by atoms with Gasteiger partial charge in [-0.3, -0.25) is 4.79 Å². The molecule has 0 atom stereocenters. The molecule has 92 valence electrons. The standard InChI is InChI=1S/C16H10O3/c17-14-6-4-13(5-7-14)3-1-2-10-16(19)11-8-15(18)9-12-16/h4-9,11-12,17,19H. The molecular weight excluding hydrogens is 240 g/mol. The van der Waals surface area contributed by atoms with Gasteiger partial charge in [0.1, 0.15) is 5.75 Å². The number of rotatable bonds is 0. The third-order valence-corrected chi connectivity index (χ3v) is 2.40. The molecule has 0 saturated carbocycles. The van der Waals surface area contributed by atoms with E-state index >= 15 is 0 Å². The minimum atomic E-state index is -1.43. The maximum Gasteiger partial charge on any atom is 0.178 e. The Hall–Kier alpha value is -2.75. The third kappa shape index (κ3) is 3.61. The van der Waals surface area contributed by atoms with Crippen molar-refractivity contribution >= 4 is 5.78 Å². The van der Waals surface area contributed by atoms with Crippen molar-refractivity contribution in [2.24, 2.45) is 0 Å². The smallest absolute Gasteiger partial charge is 0.178 e. The molecular formula is C16H10O3. The van der Waals surface area contributed by atoms with Crippen LogP contribution in [0.1, 0.15) is 5.56 Å². The lowest BCUT2D eigenvalue weighted by Gasteiger charge is -2.13. The molecule has 2 N–H and O–H groups in total. The maximum absolute atomic E-state index is 10.9. The van der Waals surface area contributed by atoms with E-state index in [9.17, 15) is 9.90 Å². The van der Waals surface area contributed by atoms with Crippen LogP contribution >= 0.6 is 0 Å². The summed E-state index contributed by atoms with van der Waals surface area (Å²) < 4.78 is 0. The van der Waals surface area contributed by atoms with Gasteiger partial charge in [-0.25, -0.2) is 0 Å². The number of aliphatic hydroxyl groups is 1. The first-order valence-electron chi connectivity index (χ1n) is 5.54. The van der Waals surface area contributed by atoms with E-state index in [4.69, 9.17) is 5.11 Å². The highest BCUT2D eigenvalue weighted by molar-refractivity contribution is 6.00. The molecule has 0 aromatic heterocycles. The molecule has 19 heavy (non-hydrogen) atoms. The Labute approximate surface area is 110 Å². The zero-order valence-corrected chi connectivity index (χ0v) is 9.92. The van der Waals surface area contributed by atoms with Crippen molar-refractivity contribution < 1.29 is 15.0 Å². The van der Waals surface area contributed by atoms with Gasteiger partial charge in [-0.1, -0.05) is 5.92 Å². The summed E-state index contributed by atoms with van der Waals surface area (Å²) in [5, 5.41) is 19.0. The quantitative estimate of drug-likeness (QED) is 0.680. The predicted molar refractivity (Wildman–Crippen MR) is 71.0 cm³/mol. The van der Waals surface area contributed by atoms with Crippen LogP contribution in [0.5, 0.6) is 5.75 Å². The monoisotopic (exact) mass is 250 g/mol. The van der Waals surface area contributed by atoms with Gasteiger partial charge >= 0.3 is 0 Å². The van der Waals surface area contributed by atoms with Gasteiger partial charge in [0.25, 0.3) is 0 Å². The summed E-state index contributed by atoms with van der Waals surface area (Å²) in [5.41, 5.74) is -0.721. The van der Waals surface area contributed by atoms with Gasteiger partial charge in [-0.05, 0) is 66.3 Å². The molecule has 0 unspecified atom stereocenters. The summed E-state index contributed by atoms with van der Waals surface area (Å²) in [6.07, 6.45) is 5.18. The number of ketones is 1. The minimum Gasteiger partial charge on any atom is -0.508 e. The van der Waals surface area contributed by atoms with Crippen molar-refractivity contribution in [1.29, 1.82) is 0 Å². The fourth-order valence-corrected chi connectivity index (χ4v) is 1.39. The fraction of sp³-hybridized carbons (Fsp3) is 0.0625. The summed E-state index contributed by atoms with van der Waals surface area (Å²) >= 11 is 0. The van der Waals surface area contributed by atoms with Crippen molar-refractivity contribution in [3.8, 4) is 29.4 Å². The number of hydrogen-bond donors (Lipinski definition) is 2. The first-order chi connectivity index (χ1) is 9.07. The summed E-state index contributed by atoms with van der Waals surface area (Å²) in [6, 6.07) is 6.39. The number of aromatic hydroxyl groups is 1. The number of allylic oxidation sites excluding steroid dienone is 2. The van der Waals surface area contributed by atoms with Crippen LogP contribution in [0.3, 0.4) is 0 Å². The number of benzene rings is 1. The van der Waals surface area contributed by atoms with Gasteiger partial charge in [-0.15, -0.1) is 0 Å². The first kappa shape index (κ1) is 12.7. The van der Waals surface area contributed by atoms with Crippen LogP contribution in [-0.2, 0) is 4.79 Å². The van der Waals surface area contributed by atoms with Gasteiger partial charge in [0.2, 0.25) is 0 Å². The normalized spacial score (nSPS) is 15.1. The van der Waals surface area contributed by atoms with E-state index < -0.39 is 5.60 Å². The number of phenols is 1. The molecule has 0 spiro atoms. The average molecular weight is 250 g/mol. The molecule has 0 amide bonds. The van der Waals surface area contributed by atoms with Gasteiger partial charge in [0.05, 0.1) is 0 Å². The van der Waals surface area contributed by atoms with Gasteiger partial charge < -0.3 is 10.2 Å². The summed E-state index contributed by atoms with van der Waals surface area (Å²) in [4.78, 5) is 10.9. The van der Waals surface area contributed by atoms with E-state index in [1.54, 1.807) is 12.1 Å². The largest absolute Gasteiger partial charge is 0.508 e. The molecule has 1 aromatic rings.